The van der Waals surface area contributed by atoms with Crippen molar-refractivity contribution in [1.29, 1.82) is 0 Å². The summed E-state index contributed by atoms with van der Waals surface area (Å²) < 4.78 is 1.06. The van der Waals surface area contributed by atoms with E-state index in [1.165, 1.54) is 37.1 Å². The Bertz CT molecular complexity index is 468. The average Bonchev–Trinajstić information content (AvgIpc) is 2.95. The molecular weight excluding hydrogens is 324 g/mol. The van der Waals surface area contributed by atoms with Gasteiger partial charge in [0, 0.05) is 18.6 Å². The van der Waals surface area contributed by atoms with Gasteiger partial charge in [-0.2, -0.15) is 0 Å². The third kappa shape index (κ3) is 2.73. The molecular formula is C14H19BrN2OS. The van der Waals surface area contributed by atoms with Gasteiger partial charge in [-0.05, 0) is 60.3 Å². The molecule has 19 heavy (non-hydrogen) atoms. The minimum Gasteiger partial charge on any atom is -0.347 e. The van der Waals surface area contributed by atoms with Gasteiger partial charge in [0.15, 0.2) is 0 Å². The van der Waals surface area contributed by atoms with Crippen molar-refractivity contribution in [3.63, 3.8) is 0 Å². The van der Waals surface area contributed by atoms with Gasteiger partial charge in [-0.15, -0.1) is 11.3 Å². The first-order valence-corrected chi connectivity index (χ1v) is 8.57. The number of piperidine rings is 1. The highest BCUT2D eigenvalue weighted by atomic mass is 79.9. The zero-order valence-electron chi connectivity index (χ0n) is 11.1. The van der Waals surface area contributed by atoms with Crippen LogP contribution in [0.3, 0.4) is 0 Å². The largest absolute Gasteiger partial charge is 0.347 e. The number of carbonyl (C=O) groups is 1. The number of nitrogens with one attached hydrogen (secondary N) is 1. The predicted octanol–water partition coefficient (Wildman–Crippen LogP) is 3.18. The second kappa shape index (κ2) is 5.54. The average molecular weight is 343 g/mol. The summed E-state index contributed by atoms with van der Waals surface area (Å²) in [7, 11) is 0. The highest BCUT2D eigenvalue weighted by molar-refractivity contribution is 9.11. The van der Waals surface area contributed by atoms with E-state index in [-0.39, 0.29) is 5.91 Å². The Hall–Kier alpha value is -0.390. The number of amides is 1. The van der Waals surface area contributed by atoms with Crippen LogP contribution in [0.1, 0.15) is 40.9 Å². The quantitative estimate of drug-likeness (QED) is 0.895. The minimum atomic E-state index is 0.0937. The normalized spacial score (nSPS) is 27.3. The van der Waals surface area contributed by atoms with Gasteiger partial charge >= 0.3 is 0 Å². The molecule has 2 fully saturated rings. The van der Waals surface area contributed by atoms with Crippen LogP contribution in [0.4, 0.5) is 0 Å². The van der Waals surface area contributed by atoms with E-state index in [9.17, 15) is 4.79 Å². The number of halogens is 1. The maximum atomic E-state index is 12.3. The maximum Gasteiger partial charge on any atom is 0.261 e. The molecule has 2 aliphatic rings. The molecule has 0 bridgehead atoms. The molecule has 1 aromatic rings. The van der Waals surface area contributed by atoms with Gasteiger partial charge in [-0.25, -0.2) is 0 Å². The summed E-state index contributed by atoms with van der Waals surface area (Å²) in [5.41, 5.74) is 1.14. The molecule has 2 aliphatic heterocycles. The van der Waals surface area contributed by atoms with Crippen LogP contribution in [-0.4, -0.2) is 36.0 Å². The number of aryl methyl sites for hydroxylation is 1. The molecule has 0 spiro atoms. The third-order valence-electron chi connectivity index (χ3n) is 4.25. The van der Waals surface area contributed by atoms with E-state index >= 15 is 0 Å². The van der Waals surface area contributed by atoms with E-state index in [4.69, 9.17) is 0 Å². The topological polar surface area (TPSA) is 32.3 Å². The molecule has 104 valence electrons. The zero-order valence-corrected chi connectivity index (χ0v) is 13.5. The van der Waals surface area contributed by atoms with Crippen LogP contribution in [-0.2, 0) is 0 Å². The number of hydrogen-bond acceptors (Lipinski definition) is 3. The van der Waals surface area contributed by atoms with Gasteiger partial charge in [-0.1, -0.05) is 6.42 Å². The Balaban J connectivity index is 1.66. The fourth-order valence-electron chi connectivity index (χ4n) is 3.23. The van der Waals surface area contributed by atoms with Gasteiger partial charge in [0.05, 0.1) is 8.66 Å². The Morgan fingerprint density at radius 2 is 2.26 bits per heavy atom. The highest BCUT2D eigenvalue weighted by Crippen LogP contribution is 2.29. The molecule has 2 atom stereocenters. The molecule has 0 aliphatic carbocycles. The Morgan fingerprint density at radius 3 is 3.00 bits per heavy atom. The number of thiophene rings is 1. The molecule has 3 nitrogen and oxygen atoms in total. The monoisotopic (exact) mass is 342 g/mol. The summed E-state index contributed by atoms with van der Waals surface area (Å²) >= 11 is 5.01. The molecule has 2 unspecified atom stereocenters. The minimum absolute atomic E-state index is 0.0937. The predicted molar refractivity (Wildman–Crippen MR) is 81.8 cm³/mol. The SMILES string of the molecule is Cc1cc(C(=O)NC2CCN3CCCCC23)sc1Br. The zero-order chi connectivity index (χ0) is 13.4. The molecule has 1 amide bonds. The van der Waals surface area contributed by atoms with E-state index in [2.05, 4.69) is 26.1 Å². The maximum absolute atomic E-state index is 12.3. The summed E-state index contributed by atoms with van der Waals surface area (Å²) in [6.07, 6.45) is 4.95. The molecule has 1 N–H and O–H groups in total. The fourth-order valence-corrected chi connectivity index (χ4v) is 4.66. The number of carbonyl (C=O) groups excluding carboxylic acids is 1. The van der Waals surface area contributed by atoms with Crippen LogP contribution in [0.15, 0.2) is 9.85 Å². The van der Waals surface area contributed by atoms with E-state index < -0.39 is 0 Å². The molecule has 5 heteroatoms. The van der Waals surface area contributed by atoms with E-state index in [1.54, 1.807) is 0 Å². The van der Waals surface area contributed by atoms with Crippen LogP contribution in [0.25, 0.3) is 0 Å². The first-order chi connectivity index (χ1) is 9.15. The van der Waals surface area contributed by atoms with E-state index in [1.807, 2.05) is 13.0 Å². The van der Waals surface area contributed by atoms with Crippen molar-refractivity contribution < 1.29 is 4.79 Å². The summed E-state index contributed by atoms with van der Waals surface area (Å²) in [4.78, 5) is 15.7. The van der Waals surface area contributed by atoms with Crippen molar-refractivity contribution in [3.8, 4) is 0 Å². The highest BCUT2D eigenvalue weighted by Gasteiger charge is 2.36. The third-order valence-corrected chi connectivity index (χ3v) is 6.39. The number of nitrogens with zero attached hydrogens (tertiary/aromatic N) is 1. The lowest BCUT2D eigenvalue weighted by molar-refractivity contribution is 0.0919. The van der Waals surface area contributed by atoms with Gasteiger partial charge in [0.1, 0.15) is 0 Å². The van der Waals surface area contributed by atoms with Crippen molar-refractivity contribution in [2.45, 2.75) is 44.7 Å². The van der Waals surface area contributed by atoms with Gasteiger partial charge < -0.3 is 5.32 Å². The first-order valence-electron chi connectivity index (χ1n) is 6.96. The van der Waals surface area contributed by atoms with Crippen LogP contribution in [0, 0.1) is 6.92 Å². The molecule has 2 saturated heterocycles. The second-order valence-corrected chi connectivity index (χ2v) is 7.91. The van der Waals surface area contributed by atoms with Crippen LogP contribution in [0.2, 0.25) is 0 Å². The number of rotatable bonds is 2. The van der Waals surface area contributed by atoms with Crippen LogP contribution in [0.5, 0.6) is 0 Å². The van der Waals surface area contributed by atoms with Crippen LogP contribution >= 0.6 is 27.3 Å². The summed E-state index contributed by atoms with van der Waals surface area (Å²) in [6.45, 7) is 4.37. The second-order valence-electron chi connectivity index (χ2n) is 5.54. The smallest absolute Gasteiger partial charge is 0.261 e. The Morgan fingerprint density at radius 1 is 1.42 bits per heavy atom. The fraction of sp³-hybridized carbons (Fsp3) is 0.643. The molecule has 0 aromatic carbocycles. The van der Waals surface area contributed by atoms with Crippen molar-refractivity contribution in [3.05, 3.63) is 20.3 Å². The van der Waals surface area contributed by atoms with Crippen molar-refractivity contribution in [1.82, 2.24) is 10.2 Å². The van der Waals surface area contributed by atoms with Crippen molar-refractivity contribution in [2.24, 2.45) is 0 Å². The number of fused-ring (bicyclic) bond motifs is 1. The molecule has 3 heterocycles. The number of hydrogen-bond donors (Lipinski definition) is 1. The van der Waals surface area contributed by atoms with E-state index in [0.29, 0.717) is 12.1 Å². The van der Waals surface area contributed by atoms with Crippen molar-refractivity contribution in [2.75, 3.05) is 13.1 Å². The molecule has 0 saturated carbocycles. The van der Waals surface area contributed by atoms with Gasteiger partial charge in [0.25, 0.3) is 5.91 Å². The molecule has 3 rings (SSSR count). The standard InChI is InChI=1S/C14H19BrN2OS/c1-9-8-12(19-13(9)15)14(18)16-10-5-7-17-6-3-2-4-11(10)17/h8,10-11H,2-7H2,1H3,(H,16,18). The molecule has 0 radical (unpaired) electrons. The Labute approximate surface area is 126 Å². The summed E-state index contributed by atoms with van der Waals surface area (Å²) in [6, 6.07) is 2.88. The molecule has 1 aromatic heterocycles. The lowest BCUT2D eigenvalue weighted by Gasteiger charge is -2.32. The van der Waals surface area contributed by atoms with Gasteiger partial charge in [-0.3, -0.25) is 9.69 Å². The Kier molecular flexibility index (Phi) is 3.96. The van der Waals surface area contributed by atoms with Gasteiger partial charge in [0.2, 0.25) is 0 Å². The summed E-state index contributed by atoms with van der Waals surface area (Å²) in [5.74, 6) is 0.0937. The summed E-state index contributed by atoms with van der Waals surface area (Å²) in [5, 5.41) is 3.24. The van der Waals surface area contributed by atoms with Crippen molar-refractivity contribution >= 4 is 33.2 Å². The lowest BCUT2D eigenvalue weighted by atomic mass is 9.99. The van der Waals surface area contributed by atoms with E-state index in [0.717, 1.165) is 27.2 Å². The first kappa shape index (κ1) is 13.6. The van der Waals surface area contributed by atoms with Crippen LogP contribution < -0.4 is 5.32 Å². The lowest BCUT2D eigenvalue weighted by Crippen LogP contribution is -2.46.